The van der Waals surface area contributed by atoms with E-state index in [1.54, 1.807) is 43.2 Å². The Kier molecular flexibility index (Phi) is 5.65. The molecule has 4 heteroatoms. The molecule has 0 atom stereocenters. The second kappa shape index (κ2) is 7.48. The molecule has 2 nitrogen and oxygen atoms in total. The number of halogens is 1. The fraction of sp³-hybridized carbons (Fsp3) is 0.118. The molecule has 0 radical (unpaired) electrons. The molecule has 108 valence electrons. The summed E-state index contributed by atoms with van der Waals surface area (Å²) in [5.41, 5.74) is 1.61. The van der Waals surface area contributed by atoms with E-state index in [1.807, 2.05) is 36.6 Å². The Labute approximate surface area is 137 Å². The predicted molar refractivity (Wildman–Crippen MR) is 92.3 cm³/mol. The maximum absolute atomic E-state index is 12.1. The minimum atomic E-state index is -0.0181. The Morgan fingerprint density at radius 1 is 1.19 bits per heavy atom. The molecule has 0 aliphatic carbocycles. The molecule has 0 unspecified atom stereocenters. The topological polar surface area (TPSA) is 26.3 Å². The molecule has 0 fully saturated rings. The zero-order valence-corrected chi connectivity index (χ0v) is 14.2. The Bertz CT molecular complexity index is 663. The fourth-order valence-corrected chi connectivity index (χ4v) is 2.65. The predicted octanol–water partition coefficient (Wildman–Crippen LogP) is 5.08. The lowest BCUT2D eigenvalue weighted by Gasteiger charge is -2.06. The maximum atomic E-state index is 12.1. The Balaban J connectivity index is 2.17. The van der Waals surface area contributed by atoms with Crippen LogP contribution in [0.25, 0.3) is 6.08 Å². The molecule has 0 saturated carbocycles. The molecule has 0 saturated heterocycles. The van der Waals surface area contributed by atoms with E-state index in [1.165, 1.54) is 0 Å². The van der Waals surface area contributed by atoms with Crippen molar-refractivity contribution in [3.63, 3.8) is 0 Å². The number of methoxy groups -OCH3 is 1. The van der Waals surface area contributed by atoms with Gasteiger partial charge in [0.15, 0.2) is 5.78 Å². The van der Waals surface area contributed by atoms with Crippen LogP contribution in [0.1, 0.15) is 15.9 Å². The van der Waals surface area contributed by atoms with Gasteiger partial charge in [-0.1, -0.05) is 28.1 Å². The molecule has 2 rings (SSSR count). The summed E-state index contributed by atoms with van der Waals surface area (Å²) in [7, 11) is 1.65. The first-order valence-electron chi connectivity index (χ1n) is 6.34. The maximum Gasteiger partial charge on any atom is 0.185 e. The van der Waals surface area contributed by atoms with Crippen molar-refractivity contribution in [2.45, 2.75) is 4.90 Å². The van der Waals surface area contributed by atoms with Crippen LogP contribution < -0.4 is 4.74 Å². The quantitative estimate of drug-likeness (QED) is 0.421. The number of carbonyl (C=O) groups excluding carboxylic acids is 1. The van der Waals surface area contributed by atoms with Crippen molar-refractivity contribution in [2.24, 2.45) is 0 Å². The van der Waals surface area contributed by atoms with Crippen LogP contribution in [0.15, 0.2) is 57.9 Å². The van der Waals surface area contributed by atoms with E-state index in [-0.39, 0.29) is 5.78 Å². The highest BCUT2D eigenvalue weighted by Crippen LogP contribution is 2.28. The van der Waals surface area contributed by atoms with Gasteiger partial charge in [-0.15, -0.1) is 11.8 Å². The zero-order valence-electron chi connectivity index (χ0n) is 11.8. The molecule has 0 heterocycles. The van der Waals surface area contributed by atoms with Gasteiger partial charge in [-0.25, -0.2) is 0 Å². The Morgan fingerprint density at radius 2 is 1.90 bits per heavy atom. The normalized spacial score (nSPS) is 10.8. The van der Waals surface area contributed by atoms with Crippen molar-refractivity contribution in [3.05, 3.63) is 64.1 Å². The fourth-order valence-electron chi connectivity index (χ4n) is 1.84. The first kappa shape index (κ1) is 15.9. The van der Waals surface area contributed by atoms with Crippen molar-refractivity contribution in [1.29, 1.82) is 0 Å². The lowest BCUT2D eigenvalue weighted by Crippen LogP contribution is -1.93. The minimum absolute atomic E-state index is 0.0181. The number of benzene rings is 2. The second-order valence-corrected chi connectivity index (χ2v) is 6.08. The van der Waals surface area contributed by atoms with Gasteiger partial charge in [0, 0.05) is 14.9 Å². The summed E-state index contributed by atoms with van der Waals surface area (Å²) >= 11 is 4.99. The zero-order chi connectivity index (χ0) is 15.2. The third-order valence-corrected chi connectivity index (χ3v) is 4.27. The lowest BCUT2D eigenvalue weighted by molar-refractivity contribution is 0.104. The van der Waals surface area contributed by atoms with E-state index in [4.69, 9.17) is 4.74 Å². The Morgan fingerprint density at radius 3 is 2.52 bits per heavy atom. The number of hydrogen-bond donors (Lipinski definition) is 0. The number of hydrogen-bond acceptors (Lipinski definition) is 3. The van der Waals surface area contributed by atoms with Crippen molar-refractivity contribution in [1.82, 2.24) is 0 Å². The minimum Gasteiger partial charge on any atom is -0.496 e. The van der Waals surface area contributed by atoms with Crippen LogP contribution in [0.5, 0.6) is 5.75 Å². The molecule has 21 heavy (non-hydrogen) atoms. The smallest absolute Gasteiger partial charge is 0.185 e. The van der Waals surface area contributed by atoms with Crippen LogP contribution in [0.3, 0.4) is 0 Å². The van der Waals surface area contributed by atoms with E-state index in [0.717, 1.165) is 20.7 Å². The van der Waals surface area contributed by atoms with Crippen molar-refractivity contribution in [2.75, 3.05) is 13.4 Å². The van der Waals surface area contributed by atoms with Crippen LogP contribution in [0.2, 0.25) is 0 Å². The van der Waals surface area contributed by atoms with Gasteiger partial charge in [0.05, 0.1) is 7.11 Å². The molecular formula is C17H15BrO2S. The number of carbonyl (C=O) groups is 1. The summed E-state index contributed by atoms with van der Waals surface area (Å²) in [6, 6.07) is 13.2. The average molecular weight is 363 g/mol. The van der Waals surface area contributed by atoms with E-state index in [0.29, 0.717) is 5.56 Å². The van der Waals surface area contributed by atoms with Crippen molar-refractivity contribution >= 4 is 39.6 Å². The lowest BCUT2D eigenvalue weighted by atomic mass is 10.1. The standard InChI is InChI=1S/C17H15BrO2S/c1-20-16-11-12(4-10-17(16)21-2)3-9-15(19)13-5-7-14(18)8-6-13/h3-11H,1-2H3/b9-3+. The van der Waals surface area contributed by atoms with Gasteiger partial charge in [0.25, 0.3) is 0 Å². The highest BCUT2D eigenvalue weighted by atomic mass is 79.9. The second-order valence-electron chi connectivity index (χ2n) is 4.32. The van der Waals surface area contributed by atoms with Gasteiger partial charge in [-0.05, 0) is 54.3 Å². The van der Waals surface area contributed by atoms with Crippen LogP contribution in [0, 0.1) is 0 Å². The summed E-state index contributed by atoms with van der Waals surface area (Å²) in [6.07, 6.45) is 5.39. The summed E-state index contributed by atoms with van der Waals surface area (Å²) in [5, 5.41) is 0. The van der Waals surface area contributed by atoms with Crippen LogP contribution >= 0.6 is 27.7 Å². The summed E-state index contributed by atoms with van der Waals surface area (Å²) < 4.78 is 6.30. The highest BCUT2D eigenvalue weighted by Gasteiger charge is 2.03. The largest absolute Gasteiger partial charge is 0.496 e. The highest BCUT2D eigenvalue weighted by molar-refractivity contribution is 9.10. The van der Waals surface area contributed by atoms with Gasteiger partial charge in [-0.2, -0.15) is 0 Å². The van der Waals surface area contributed by atoms with E-state index in [9.17, 15) is 4.79 Å². The molecule has 0 bridgehead atoms. The monoisotopic (exact) mass is 362 g/mol. The molecule has 2 aromatic carbocycles. The van der Waals surface area contributed by atoms with Crippen LogP contribution in [0.4, 0.5) is 0 Å². The molecule has 0 aromatic heterocycles. The van der Waals surface area contributed by atoms with E-state index in [2.05, 4.69) is 15.9 Å². The summed E-state index contributed by atoms with van der Waals surface area (Å²) in [6.45, 7) is 0. The van der Waals surface area contributed by atoms with Crippen LogP contribution in [-0.2, 0) is 0 Å². The van der Waals surface area contributed by atoms with Crippen LogP contribution in [-0.4, -0.2) is 19.1 Å². The number of rotatable bonds is 5. The number of allylic oxidation sites excluding steroid dienone is 1. The third kappa shape index (κ3) is 4.22. The molecular weight excluding hydrogens is 348 g/mol. The van der Waals surface area contributed by atoms with Gasteiger partial charge in [0.2, 0.25) is 0 Å². The Hall–Kier alpha value is -1.52. The van der Waals surface area contributed by atoms with E-state index < -0.39 is 0 Å². The molecule has 0 aliphatic rings. The number of ketones is 1. The molecule has 2 aromatic rings. The molecule has 0 amide bonds. The summed E-state index contributed by atoms with van der Waals surface area (Å²) in [5.74, 6) is 0.802. The SMILES string of the molecule is COc1cc(/C=C/C(=O)c2ccc(Br)cc2)ccc1SC. The van der Waals surface area contributed by atoms with Crippen molar-refractivity contribution in [3.8, 4) is 5.75 Å². The van der Waals surface area contributed by atoms with Gasteiger partial charge in [-0.3, -0.25) is 4.79 Å². The van der Waals surface area contributed by atoms with E-state index >= 15 is 0 Å². The molecule has 0 spiro atoms. The molecule has 0 N–H and O–H groups in total. The van der Waals surface area contributed by atoms with Gasteiger partial charge in [0.1, 0.15) is 5.75 Å². The number of thioether (sulfide) groups is 1. The van der Waals surface area contributed by atoms with Crippen molar-refractivity contribution < 1.29 is 9.53 Å². The first-order chi connectivity index (χ1) is 10.1. The number of ether oxygens (including phenoxy) is 1. The summed E-state index contributed by atoms with van der Waals surface area (Å²) in [4.78, 5) is 13.1. The van der Waals surface area contributed by atoms with Gasteiger partial charge >= 0.3 is 0 Å². The third-order valence-electron chi connectivity index (χ3n) is 2.96. The van der Waals surface area contributed by atoms with Gasteiger partial charge < -0.3 is 4.74 Å². The first-order valence-corrected chi connectivity index (χ1v) is 8.36. The average Bonchev–Trinajstić information content (AvgIpc) is 2.52. The molecule has 0 aliphatic heterocycles.